The van der Waals surface area contributed by atoms with E-state index in [2.05, 4.69) is 10.2 Å². The second-order valence-electron chi connectivity index (χ2n) is 5.88. The molecule has 1 N–H and O–H groups in total. The Bertz CT molecular complexity index is 921. The molecule has 0 aliphatic carbocycles. The second-order valence-corrected chi connectivity index (χ2v) is 7.18. The first kappa shape index (κ1) is 18.0. The van der Waals surface area contributed by atoms with Crippen molar-refractivity contribution < 1.29 is 4.79 Å². The number of H-pyrrole nitrogens is 1. The van der Waals surface area contributed by atoms with Gasteiger partial charge in [-0.3, -0.25) is 9.36 Å². The molecule has 0 spiro atoms. The van der Waals surface area contributed by atoms with Gasteiger partial charge in [-0.2, -0.15) is 0 Å². The van der Waals surface area contributed by atoms with Gasteiger partial charge in [0.15, 0.2) is 5.16 Å². The molecule has 1 amide bonds. The number of nitrogens with zero attached hydrogens (tertiary/aromatic N) is 3. The van der Waals surface area contributed by atoms with Crippen LogP contribution in [0.4, 0.5) is 5.69 Å². The number of carbonyl (C=O) groups excluding carboxylic acids is 1. The van der Waals surface area contributed by atoms with Gasteiger partial charge >= 0.3 is 5.69 Å². The van der Waals surface area contributed by atoms with Crippen LogP contribution in [0.1, 0.15) is 12.5 Å². The molecule has 2 aromatic carbocycles. The fourth-order valence-corrected chi connectivity index (χ4v) is 3.51. The molecule has 1 atom stereocenters. The molecule has 7 heteroatoms. The van der Waals surface area contributed by atoms with Gasteiger partial charge < -0.3 is 4.90 Å². The first-order chi connectivity index (χ1) is 12.6. The number of hydrogen-bond donors (Lipinski definition) is 1. The average molecular weight is 368 g/mol. The van der Waals surface area contributed by atoms with Gasteiger partial charge in [0.1, 0.15) is 0 Å². The molecule has 134 valence electrons. The van der Waals surface area contributed by atoms with Crippen molar-refractivity contribution in [2.24, 2.45) is 0 Å². The van der Waals surface area contributed by atoms with E-state index in [0.717, 1.165) is 11.3 Å². The SMILES string of the molecule is C[C@@H](Sc1n[nH]c(=O)n1Cc1ccccc1)C(=O)N(C)c1ccccc1. The molecule has 0 unspecified atom stereocenters. The largest absolute Gasteiger partial charge is 0.344 e. The van der Waals surface area contributed by atoms with E-state index in [1.165, 1.54) is 11.8 Å². The second kappa shape index (κ2) is 8.05. The van der Waals surface area contributed by atoms with Crippen molar-refractivity contribution in [1.29, 1.82) is 0 Å². The van der Waals surface area contributed by atoms with Crippen LogP contribution in [0.5, 0.6) is 0 Å². The number of anilines is 1. The summed E-state index contributed by atoms with van der Waals surface area (Å²) in [6.07, 6.45) is 0. The summed E-state index contributed by atoms with van der Waals surface area (Å²) >= 11 is 1.27. The van der Waals surface area contributed by atoms with E-state index >= 15 is 0 Å². The molecule has 0 saturated carbocycles. The zero-order chi connectivity index (χ0) is 18.5. The van der Waals surface area contributed by atoms with Crippen LogP contribution in [0.3, 0.4) is 0 Å². The lowest BCUT2D eigenvalue weighted by molar-refractivity contribution is -0.117. The van der Waals surface area contributed by atoms with Gasteiger partial charge in [0.2, 0.25) is 5.91 Å². The third kappa shape index (κ3) is 4.05. The Morgan fingerprint density at radius 2 is 1.77 bits per heavy atom. The van der Waals surface area contributed by atoms with E-state index in [1.807, 2.05) is 67.6 Å². The number of hydrogen-bond acceptors (Lipinski definition) is 4. The van der Waals surface area contributed by atoms with Crippen LogP contribution in [0.25, 0.3) is 0 Å². The Hall–Kier alpha value is -2.80. The molecule has 1 heterocycles. The van der Waals surface area contributed by atoms with Crippen LogP contribution in [0.2, 0.25) is 0 Å². The Morgan fingerprint density at radius 1 is 1.15 bits per heavy atom. The van der Waals surface area contributed by atoms with Crippen molar-refractivity contribution in [1.82, 2.24) is 14.8 Å². The van der Waals surface area contributed by atoms with Gasteiger partial charge in [0.25, 0.3) is 0 Å². The summed E-state index contributed by atoms with van der Waals surface area (Å²) in [5.41, 5.74) is 1.54. The molecular weight excluding hydrogens is 348 g/mol. The van der Waals surface area contributed by atoms with Gasteiger partial charge in [0, 0.05) is 12.7 Å². The zero-order valence-electron chi connectivity index (χ0n) is 14.6. The minimum atomic E-state index is -0.384. The van der Waals surface area contributed by atoms with Crippen molar-refractivity contribution in [2.75, 3.05) is 11.9 Å². The highest BCUT2D eigenvalue weighted by Gasteiger charge is 2.22. The number of aromatic nitrogens is 3. The summed E-state index contributed by atoms with van der Waals surface area (Å²) in [5.74, 6) is -0.0529. The van der Waals surface area contributed by atoms with E-state index in [0.29, 0.717) is 11.7 Å². The van der Waals surface area contributed by atoms with E-state index in [-0.39, 0.29) is 16.8 Å². The first-order valence-electron chi connectivity index (χ1n) is 8.24. The normalized spacial score (nSPS) is 11.9. The topological polar surface area (TPSA) is 71.0 Å². The van der Waals surface area contributed by atoms with Gasteiger partial charge in [-0.1, -0.05) is 60.3 Å². The molecule has 0 bridgehead atoms. The van der Waals surface area contributed by atoms with Gasteiger partial charge in [0.05, 0.1) is 11.8 Å². The molecule has 3 rings (SSSR count). The third-order valence-corrected chi connectivity index (χ3v) is 5.09. The Morgan fingerprint density at radius 3 is 2.42 bits per heavy atom. The van der Waals surface area contributed by atoms with E-state index in [1.54, 1.807) is 16.5 Å². The molecule has 0 saturated heterocycles. The van der Waals surface area contributed by atoms with Crippen LogP contribution in [-0.2, 0) is 11.3 Å². The number of carbonyl (C=O) groups is 1. The van der Waals surface area contributed by atoms with Gasteiger partial charge in [-0.25, -0.2) is 9.89 Å². The fraction of sp³-hybridized carbons (Fsp3) is 0.211. The maximum Gasteiger partial charge on any atom is 0.344 e. The summed E-state index contributed by atoms with van der Waals surface area (Å²) in [5, 5.41) is 6.68. The van der Waals surface area contributed by atoms with Crippen LogP contribution in [0, 0.1) is 0 Å². The lowest BCUT2D eigenvalue weighted by atomic mass is 10.2. The molecular formula is C19H20N4O2S. The summed E-state index contributed by atoms with van der Waals surface area (Å²) in [6, 6.07) is 19.1. The minimum absolute atomic E-state index is 0.0529. The number of rotatable bonds is 6. The molecule has 0 aliphatic rings. The maximum atomic E-state index is 12.7. The van der Waals surface area contributed by atoms with Crippen LogP contribution < -0.4 is 10.6 Å². The minimum Gasteiger partial charge on any atom is -0.315 e. The number of benzene rings is 2. The van der Waals surface area contributed by atoms with E-state index in [4.69, 9.17) is 0 Å². The molecule has 26 heavy (non-hydrogen) atoms. The quantitative estimate of drug-likeness (QED) is 0.679. The Labute approximate surface area is 155 Å². The summed E-state index contributed by atoms with van der Waals surface area (Å²) in [4.78, 5) is 26.4. The highest BCUT2D eigenvalue weighted by atomic mass is 32.2. The monoisotopic (exact) mass is 368 g/mol. The standard InChI is InChI=1S/C19H20N4O2S/c1-14(17(24)22(2)16-11-7-4-8-12-16)26-19-21-20-18(25)23(19)13-15-9-5-3-6-10-15/h3-12,14H,13H2,1-2H3,(H,20,25)/t14-/m1/s1. The van der Waals surface area contributed by atoms with Crippen LogP contribution >= 0.6 is 11.8 Å². The van der Waals surface area contributed by atoms with Crippen molar-refractivity contribution in [3.8, 4) is 0 Å². The molecule has 0 fully saturated rings. The summed E-state index contributed by atoms with van der Waals surface area (Å²) in [7, 11) is 1.75. The molecule has 0 radical (unpaired) electrons. The zero-order valence-corrected chi connectivity index (χ0v) is 15.4. The van der Waals surface area contributed by atoms with Crippen LogP contribution in [0.15, 0.2) is 70.6 Å². The van der Waals surface area contributed by atoms with E-state index < -0.39 is 0 Å². The summed E-state index contributed by atoms with van der Waals surface area (Å²) < 4.78 is 1.55. The molecule has 1 aromatic heterocycles. The molecule has 0 aliphatic heterocycles. The van der Waals surface area contributed by atoms with Crippen molar-refractivity contribution >= 4 is 23.4 Å². The number of nitrogens with one attached hydrogen (secondary N) is 1. The van der Waals surface area contributed by atoms with Crippen LogP contribution in [-0.4, -0.2) is 33.0 Å². The lowest BCUT2D eigenvalue weighted by Crippen LogP contribution is -2.33. The van der Waals surface area contributed by atoms with Gasteiger partial charge in [-0.05, 0) is 24.6 Å². The van der Waals surface area contributed by atoms with Crippen molar-refractivity contribution in [3.63, 3.8) is 0 Å². The maximum absolute atomic E-state index is 12.7. The number of para-hydroxylation sites is 1. The van der Waals surface area contributed by atoms with Gasteiger partial charge in [-0.15, -0.1) is 5.10 Å². The third-order valence-electron chi connectivity index (χ3n) is 4.01. The van der Waals surface area contributed by atoms with Crippen molar-refractivity contribution in [2.45, 2.75) is 23.9 Å². The predicted molar refractivity (Wildman–Crippen MR) is 104 cm³/mol. The first-order valence-corrected chi connectivity index (χ1v) is 9.12. The summed E-state index contributed by atoms with van der Waals surface area (Å²) in [6.45, 7) is 2.23. The Balaban J connectivity index is 1.74. The highest BCUT2D eigenvalue weighted by molar-refractivity contribution is 8.00. The smallest absolute Gasteiger partial charge is 0.315 e. The number of thioether (sulfide) groups is 1. The number of aromatic amines is 1. The fourth-order valence-electron chi connectivity index (χ4n) is 2.56. The number of amides is 1. The average Bonchev–Trinajstić information content (AvgIpc) is 3.01. The van der Waals surface area contributed by atoms with E-state index in [9.17, 15) is 9.59 Å². The Kier molecular flexibility index (Phi) is 5.58. The predicted octanol–water partition coefficient (Wildman–Crippen LogP) is 2.76. The lowest BCUT2D eigenvalue weighted by Gasteiger charge is -2.21. The highest BCUT2D eigenvalue weighted by Crippen LogP contribution is 2.24. The molecule has 6 nitrogen and oxygen atoms in total. The van der Waals surface area contributed by atoms with Crippen molar-refractivity contribution in [3.05, 3.63) is 76.7 Å². The molecule has 3 aromatic rings.